The van der Waals surface area contributed by atoms with Crippen LogP contribution in [-0.2, 0) is 4.74 Å². The molecule has 228 valence electrons. The fraction of sp³-hybridized carbons (Fsp3) is 0.500. The number of methoxy groups -OCH3 is 4. The van der Waals surface area contributed by atoms with Gasteiger partial charge in [-0.3, -0.25) is 0 Å². The lowest BCUT2D eigenvalue weighted by atomic mass is 9.99. The van der Waals surface area contributed by atoms with Gasteiger partial charge in [-0.15, -0.1) is 0 Å². The summed E-state index contributed by atoms with van der Waals surface area (Å²) in [5.41, 5.74) is 1.03. The molecule has 1 heterocycles. The first-order valence-corrected chi connectivity index (χ1v) is 12.7. The van der Waals surface area contributed by atoms with Crippen LogP contribution < -0.4 is 28.4 Å². The molecule has 6 N–H and O–H groups in total. The Kier molecular flexibility index (Phi) is 11.4. The highest BCUT2D eigenvalue weighted by Crippen LogP contribution is 2.44. The number of hydrogen-bond donors (Lipinski definition) is 6. The third kappa shape index (κ3) is 7.13. The minimum atomic E-state index is -1.66. The lowest BCUT2D eigenvalue weighted by Crippen LogP contribution is -2.60. The van der Waals surface area contributed by atoms with E-state index in [1.807, 2.05) is 0 Å². The van der Waals surface area contributed by atoms with Crippen LogP contribution >= 0.6 is 0 Å². The number of hydrogen-bond acceptors (Lipinski definition) is 13. The van der Waals surface area contributed by atoms with Crippen molar-refractivity contribution >= 4 is 6.08 Å². The first kappa shape index (κ1) is 32.2. The third-order valence-electron chi connectivity index (χ3n) is 6.55. The van der Waals surface area contributed by atoms with Gasteiger partial charge in [0, 0.05) is 0 Å². The van der Waals surface area contributed by atoms with E-state index in [0.717, 1.165) is 0 Å². The fourth-order valence-corrected chi connectivity index (χ4v) is 4.29. The predicted molar refractivity (Wildman–Crippen MR) is 145 cm³/mol. The van der Waals surface area contributed by atoms with Gasteiger partial charge in [0.1, 0.15) is 36.6 Å². The molecule has 0 aliphatic carbocycles. The SMILES string of the molecule is COc1cc(C=CCO)cc(OC)c1OC(C)C(O)c1cc(OC)c(OC2OC(CO)C(O)C(O)C2O)c(OC)c1. The summed E-state index contributed by atoms with van der Waals surface area (Å²) in [6.45, 7) is 0.881. The summed E-state index contributed by atoms with van der Waals surface area (Å²) >= 11 is 0. The molecule has 3 rings (SSSR count). The number of aliphatic hydroxyl groups excluding tert-OH is 6. The van der Waals surface area contributed by atoms with Crippen LogP contribution in [0.5, 0.6) is 34.5 Å². The van der Waals surface area contributed by atoms with Crippen LogP contribution in [0.15, 0.2) is 30.3 Å². The van der Waals surface area contributed by atoms with Gasteiger partial charge in [-0.05, 0) is 42.3 Å². The molecular weight excluding hydrogens is 544 g/mol. The summed E-state index contributed by atoms with van der Waals surface area (Å²) in [5.74, 6) is 1.12. The molecule has 13 nitrogen and oxygen atoms in total. The second kappa shape index (κ2) is 14.5. The van der Waals surface area contributed by atoms with E-state index in [9.17, 15) is 25.5 Å². The quantitative estimate of drug-likeness (QED) is 0.191. The van der Waals surface area contributed by atoms with E-state index in [1.165, 1.54) is 40.6 Å². The maximum atomic E-state index is 11.2. The average Bonchev–Trinajstić information content (AvgIpc) is 2.99. The van der Waals surface area contributed by atoms with E-state index >= 15 is 0 Å². The molecule has 13 heteroatoms. The Balaban J connectivity index is 1.90. The maximum Gasteiger partial charge on any atom is 0.229 e. The molecule has 7 atom stereocenters. The van der Waals surface area contributed by atoms with Gasteiger partial charge in [-0.2, -0.15) is 0 Å². The van der Waals surface area contributed by atoms with Crippen molar-refractivity contribution < 1.29 is 63.8 Å². The Bertz CT molecular complexity index is 1120. The van der Waals surface area contributed by atoms with Crippen molar-refractivity contribution in [3.8, 4) is 34.5 Å². The lowest BCUT2D eigenvalue weighted by Gasteiger charge is -2.39. The molecule has 0 saturated carbocycles. The summed E-state index contributed by atoms with van der Waals surface area (Å²) < 4.78 is 39.1. The van der Waals surface area contributed by atoms with Gasteiger partial charge in [0.15, 0.2) is 23.0 Å². The molecule has 0 bridgehead atoms. The first-order chi connectivity index (χ1) is 19.6. The van der Waals surface area contributed by atoms with Gasteiger partial charge in [0.25, 0.3) is 0 Å². The van der Waals surface area contributed by atoms with Gasteiger partial charge in [0.2, 0.25) is 17.8 Å². The first-order valence-electron chi connectivity index (χ1n) is 12.7. The summed E-state index contributed by atoms with van der Waals surface area (Å²) in [4.78, 5) is 0. The number of aliphatic hydroxyl groups is 6. The van der Waals surface area contributed by atoms with Crippen LogP contribution in [0.2, 0.25) is 0 Å². The van der Waals surface area contributed by atoms with Crippen molar-refractivity contribution in [3.05, 3.63) is 41.5 Å². The number of ether oxygens (including phenoxy) is 7. The second-order valence-corrected chi connectivity index (χ2v) is 9.18. The van der Waals surface area contributed by atoms with Crippen molar-refractivity contribution in [1.29, 1.82) is 0 Å². The second-order valence-electron chi connectivity index (χ2n) is 9.18. The molecule has 2 aromatic rings. The van der Waals surface area contributed by atoms with Crippen molar-refractivity contribution in [2.24, 2.45) is 0 Å². The van der Waals surface area contributed by atoms with Gasteiger partial charge in [-0.1, -0.05) is 12.2 Å². The highest BCUT2D eigenvalue weighted by Gasteiger charge is 2.45. The van der Waals surface area contributed by atoms with E-state index in [0.29, 0.717) is 22.6 Å². The standard InChI is InChI=1S/C28H38O13/c1-14(39-26-17(35-2)9-15(7-6-8-29)10-18(26)36-3)22(31)16-11-19(37-4)27(20(12-16)38-5)41-28-25(34)24(33)23(32)21(13-30)40-28/h6-7,9-12,14,21-25,28-34H,8,13H2,1-5H3. The van der Waals surface area contributed by atoms with Crippen molar-refractivity contribution in [3.63, 3.8) is 0 Å². The minimum absolute atomic E-state index is 0.0151. The lowest BCUT2D eigenvalue weighted by molar-refractivity contribution is -0.277. The van der Waals surface area contributed by atoms with Crippen molar-refractivity contribution in [2.45, 2.75) is 49.8 Å². The summed E-state index contributed by atoms with van der Waals surface area (Å²) in [6, 6.07) is 6.34. The highest BCUT2D eigenvalue weighted by molar-refractivity contribution is 5.62. The molecule has 1 saturated heterocycles. The molecule has 41 heavy (non-hydrogen) atoms. The number of rotatable bonds is 13. The smallest absolute Gasteiger partial charge is 0.229 e. The molecule has 7 unspecified atom stereocenters. The zero-order chi connectivity index (χ0) is 30.3. The maximum absolute atomic E-state index is 11.2. The zero-order valence-corrected chi connectivity index (χ0v) is 23.5. The Hall–Kier alpha value is -3.30. The third-order valence-corrected chi connectivity index (χ3v) is 6.55. The van der Waals surface area contributed by atoms with E-state index in [2.05, 4.69) is 0 Å². The topological polar surface area (TPSA) is 186 Å². The molecule has 2 aromatic carbocycles. The molecule has 1 fully saturated rings. The van der Waals surface area contributed by atoms with Crippen LogP contribution in [0.25, 0.3) is 6.08 Å². The molecule has 0 amide bonds. The average molecular weight is 583 g/mol. The zero-order valence-electron chi connectivity index (χ0n) is 23.5. The van der Waals surface area contributed by atoms with Crippen molar-refractivity contribution in [2.75, 3.05) is 41.7 Å². The van der Waals surface area contributed by atoms with E-state index in [1.54, 1.807) is 31.2 Å². The molecule has 1 aliphatic heterocycles. The Morgan fingerprint density at radius 1 is 0.805 bits per heavy atom. The highest BCUT2D eigenvalue weighted by atomic mass is 16.7. The molecule has 0 aromatic heterocycles. The van der Waals surface area contributed by atoms with E-state index < -0.39 is 49.5 Å². The monoisotopic (exact) mass is 582 g/mol. The largest absolute Gasteiger partial charge is 0.493 e. The normalized spacial score (nSPS) is 24.0. The van der Waals surface area contributed by atoms with Gasteiger partial charge < -0.3 is 63.8 Å². The summed E-state index contributed by atoms with van der Waals surface area (Å²) in [7, 11) is 5.64. The Morgan fingerprint density at radius 3 is 1.83 bits per heavy atom. The molecule has 0 spiro atoms. The van der Waals surface area contributed by atoms with Crippen LogP contribution in [0.4, 0.5) is 0 Å². The molecule has 1 aliphatic rings. The van der Waals surface area contributed by atoms with Gasteiger partial charge in [-0.25, -0.2) is 0 Å². The van der Waals surface area contributed by atoms with Crippen LogP contribution in [0.1, 0.15) is 24.2 Å². The van der Waals surface area contributed by atoms with E-state index in [4.69, 9.17) is 38.3 Å². The predicted octanol–water partition coefficient (Wildman–Crippen LogP) is 0.406. The summed E-state index contributed by atoms with van der Waals surface area (Å²) in [6.07, 6.45) is -6.32. The van der Waals surface area contributed by atoms with Crippen molar-refractivity contribution in [1.82, 2.24) is 0 Å². The van der Waals surface area contributed by atoms with Gasteiger partial charge in [0.05, 0.1) is 41.7 Å². The van der Waals surface area contributed by atoms with Crippen LogP contribution in [0.3, 0.4) is 0 Å². The Morgan fingerprint density at radius 2 is 1.34 bits per heavy atom. The number of benzene rings is 2. The molecular formula is C28H38O13. The fourth-order valence-electron chi connectivity index (χ4n) is 4.29. The van der Waals surface area contributed by atoms with Crippen LogP contribution in [0, 0.1) is 0 Å². The Labute approximate surface area is 237 Å². The van der Waals surface area contributed by atoms with E-state index in [-0.39, 0.29) is 29.6 Å². The summed E-state index contributed by atoms with van der Waals surface area (Å²) in [5, 5.41) is 60.3. The van der Waals surface area contributed by atoms with Gasteiger partial charge >= 0.3 is 0 Å². The molecule has 0 radical (unpaired) electrons. The van der Waals surface area contributed by atoms with Crippen LogP contribution in [-0.4, -0.2) is 109 Å². The minimum Gasteiger partial charge on any atom is -0.493 e.